The Morgan fingerprint density at radius 2 is 2.43 bits per heavy atom. The average molecular weight is 257 g/mol. The number of hydrogen-bond acceptors (Lipinski definition) is 3. The maximum absolute atomic E-state index is 6.15. The van der Waals surface area contributed by atoms with Gasteiger partial charge in [-0.3, -0.25) is 4.98 Å². The quantitative estimate of drug-likeness (QED) is 0.873. The van der Waals surface area contributed by atoms with E-state index in [2.05, 4.69) is 20.9 Å². The molecule has 0 radical (unpaired) electrons. The Labute approximate surface area is 91.8 Å². The standard InChI is InChI=1S/C10H13BrN2O/c11-8-1-2-9(13-6-8)5-10(12)3-4-14-7-10/h1-2,6H,3-5,7,12H2. The molecule has 0 bridgehead atoms. The predicted molar refractivity (Wildman–Crippen MR) is 58.0 cm³/mol. The van der Waals surface area contributed by atoms with Crippen LogP contribution in [0.4, 0.5) is 0 Å². The van der Waals surface area contributed by atoms with Crippen molar-refractivity contribution in [2.75, 3.05) is 13.2 Å². The van der Waals surface area contributed by atoms with Gasteiger partial charge in [-0.1, -0.05) is 0 Å². The fraction of sp³-hybridized carbons (Fsp3) is 0.500. The maximum Gasteiger partial charge on any atom is 0.0650 e. The molecule has 4 heteroatoms. The molecule has 0 saturated carbocycles. The molecule has 2 heterocycles. The van der Waals surface area contributed by atoms with Crippen molar-refractivity contribution in [1.82, 2.24) is 4.98 Å². The van der Waals surface area contributed by atoms with Crippen molar-refractivity contribution in [3.05, 3.63) is 28.5 Å². The second-order valence-electron chi connectivity index (χ2n) is 3.81. The number of pyridine rings is 1. The van der Waals surface area contributed by atoms with Gasteiger partial charge >= 0.3 is 0 Å². The molecule has 76 valence electrons. The fourth-order valence-corrected chi connectivity index (χ4v) is 1.87. The zero-order chi connectivity index (χ0) is 10.0. The van der Waals surface area contributed by atoms with Crippen LogP contribution in [-0.4, -0.2) is 23.7 Å². The minimum atomic E-state index is -0.208. The van der Waals surface area contributed by atoms with E-state index in [1.165, 1.54) is 0 Å². The van der Waals surface area contributed by atoms with Crippen LogP contribution in [0, 0.1) is 0 Å². The molecule has 1 aliphatic rings. The van der Waals surface area contributed by atoms with Crippen LogP contribution in [-0.2, 0) is 11.2 Å². The molecule has 1 aliphatic heterocycles. The highest BCUT2D eigenvalue weighted by Gasteiger charge is 2.30. The lowest BCUT2D eigenvalue weighted by Crippen LogP contribution is -2.42. The summed E-state index contributed by atoms with van der Waals surface area (Å²) in [4.78, 5) is 4.30. The van der Waals surface area contributed by atoms with E-state index in [1.807, 2.05) is 12.1 Å². The molecular weight excluding hydrogens is 244 g/mol. The first-order chi connectivity index (χ1) is 6.68. The summed E-state index contributed by atoms with van der Waals surface area (Å²) in [6, 6.07) is 3.98. The van der Waals surface area contributed by atoms with Crippen LogP contribution in [0.25, 0.3) is 0 Å². The molecule has 0 aliphatic carbocycles. The van der Waals surface area contributed by atoms with Crippen LogP contribution in [0.15, 0.2) is 22.8 Å². The fourth-order valence-electron chi connectivity index (χ4n) is 1.63. The van der Waals surface area contributed by atoms with Crippen molar-refractivity contribution in [3.8, 4) is 0 Å². The molecule has 2 rings (SSSR count). The Morgan fingerprint density at radius 1 is 1.57 bits per heavy atom. The molecule has 3 nitrogen and oxygen atoms in total. The second-order valence-corrected chi connectivity index (χ2v) is 4.73. The molecule has 1 aromatic heterocycles. The van der Waals surface area contributed by atoms with Crippen LogP contribution in [0.1, 0.15) is 12.1 Å². The zero-order valence-electron chi connectivity index (χ0n) is 7.87. The SMILES string of the molecule is NC1(Cc2ccc(Br)cn2)CCOC1. The van der Waals surface area contributed by atoms with Gasteiger partial charge in [0.1, 0.15) is 0 Å². The van der Waals surface area contributed by atoms with Gasteiger partial charge in [-0.05, 0) is 34.5 Å². The van der Waals surface area contributed by atoms with E-state index in [0.29, 0.717) is 6.61 Å². The summed E-state index contributed by atoms with van der Waals surface area (Å²) in [5, 5.41) is 0. The minimum absolute atomic E-state index is 0.208. The number of nitrogens with two attached hydrogens (primary N) is 1. The molecule has 1 unspecified atom stereocenters. The third-order valence-corrected chi connectivity index (χ3v) is 2.92. The van der Waals surface area contributed by atoms with E-state index in [0.717, 1.165) is 29.6 Å². The number of ether oxygens (including phenoxy) is 1. The van der Waals surface area contributed by atoms with E-state index in [1.54, 1.807) is 6.20 Å². The van der Waals surface area contributed by atoms with E-state index in [4.69, 9.17) is 10.5 Å². The zero-order valence-corrected chi connectivity index (χ0v) is 9.46. The predicted octanol–water partition coefficient (Wildman–Crippen LogP) is 1.50. The van der Waals surface area contributed by atoms with Crippen molar-refractivity contribution in [1.29, 1.82) is 0 Å². The third kappa shape index (κ3) is 2.32. The number of hydrogen-bond donors (Lipinski definition) is 1. The number of rotatable bonds is 2. The highest BCUT2D eigenvalue weighted by atomic mass is 79.9. The van der Waals surface area contributed by atoms with Crippen LogP contribution in [0.5, 0.6) is 0 Å². The third-order valence-electron chi connectivity index (χ3n) is 2.46. The summed E-state index contributed by atoms with van der Waals surface area (Å²) >= 11 is 3.35. The molecule has 1 saturated heterocycles. The van der Waals surface area contributed by atoms with Gasteiger partial charge < -0.3 is 10.5 Å². The maximum atomic E-state index is 6.15. The monoisotopic (exact) mass is 256 g/mol. The van der Waals surface area contributed by atoms with Crippen LogP contribution in [0.3, 0.4) is 0 Å². The van der Waals surface area contributed by atoms with Crippen molar-refractivity contribution >= 4 is 15.9 Å². The Kier molecular flexibility index (Phi) is 2.85. The van der Waals surface area contributed by atoms with Gasteiger partial charge in [-0.2, -0.15) is 0 Å². The first-order valence-electron chi connectivity index (χ1n) is 4.65. The Balaban J connectivity index is 2.06. The Bertz CT molecular complexity index is 306. The first kappa shape index (κ1) is 10.1. The van der Waals surface area contributed by atoms with E-state index in [-0.39, 0.29) is 5.54 Å². The van der Waals surface area contributed by atoms with Crippen molar-refractivity contribution < 1.29 is 4.74 Å². The Hall–Kier alpha value is -0.450. The van der Waals surface area contributed by atoms with Crippen molar-refractivity contribution in [2.45, 2.75) is 18.4 Å². The molecule has 1 aromatic rings. The molecule has 14 heavy (non-hydrogen) atoms. The lowest BCUT2D eigenvalue weighted by molar-refractivity contribution is 0.178. The van der Waals surface area contributed by atoms with Crippen molar-refractivity contribution in [2.24, 2.45) is 5.73 Å². The first-order valence-corrected chi connectivity index (χ1v) is 5.44. The average Bonchev–Trinajstić information content (AvgIpc) is 2.57. The molecule has 0 amide bonds. The van der Waals surface area contributed by atoms with Crippen LogP contribution >= 0.6 is 15.9 Å². The highest BCUT2D eigenvalue weighted by molar-refractivity contribution is 9.10. The van der Waals surface area contributed by atoms with Gasteiger partial charge in [0.2, 0.25) is 0 Å². The number of nitrogens with zero attached hydrogens (tertiary/aromatic N) is 1. The van der Waals surface area contributed by atoms with Crippen LogP contribution in [0.2, 0.25) is 0 Å². The molecule has 2 N–H and O–H groups in total. The van der Waals surface area contributed by atoms with Crippen molar-refractivity contribution in [3.63, 3.8) is 0 Å². The van der Waals surface area contributed by atoms with Gasteiger partial charge in [-0.25, -0.2) is 0 Å². The summed E-state index contributed by atoms with van der Waals surface area (Å²) in [6.45, 7) is 1.41. The minimum Gasteiger partial charge on any atom is -0.379 e. The Morgan fingerprint density at radius 3 is 3.00 bits per heavy atom. The smallest absolute Gasteiger partial charge is 0.0650 e. The van der Waals surface area contributed by atoms with Gasteiger partial charge in [0.15, 0.2) is 0 Å². The van der Waals surface area contributed by atoms with Gasteiger partial charge in [0.05, 0.1) is 6.61 Å². The lowest BCUT2D eigenvalue weighted by atomic mass is 9.94. The second kappa shape index (κ2) is 3.96. The molecule has 0 spiro atoms. The van der Waals surface area contributed by atoms with Crippen LogP contribution < -0.4 is 5.73 Å². The lowest BCUT2D eigenvalue weighted by Gasteiger charge is -2.20. The summed E-state index contributed by atoms with van der Waals surface area (Å²) < 4.78 is 6.29. The summed E-state index contributed by atoms with van der Waals surface area (Å²) in [6.07, 6.45) is 3.51. The van der Waals surface area contributed by atoms with Gasteiger partial charge in [0, 0.05) is 34.9 Å². The summed E-state index contributed by atoms with van der Waals surface area (Å²) in [5.74, 6) is 0. The largest absolute Gasteiger partial charge is 0.379 e. The molecular formula is C10H13BrN2O. The molecule has 1 fully saturated rings. The normalized spacial score (nSPS) is 26.7. The van der Waals surface area contributed by atoms with Gasteiger partial charge in [0.25, 0.3) is 0 Å². The van der Waals surface area contributed by atoms with E-state index in [9.17, 15) is 0 Å². The summed E-state index contributed by atoms with van der Waals surface area (Å²) in [7, 11) is 0. The number of halogens is 1. The topological polar surface area (TPSA) is 48.1 Å². The highest BCUT2D eigenvalue weighted by Crippen LogP contribution is 2.20. The molecule has 1 atom stereocenters. The number of aromatic nitrogens is 1. The van der Waals surface area contributed by atoms with E-state index >= 15 is 0 Å². The molecule has 0 aromatic carbocycles. The van der Waals surface area contributed by atoms with E-state index < -0.39 is 0 Å². The van der Waals surface area contributed by atoms with Gasteiger partial charge in [-0.15, -0.1) is 0 Å². The summed E-state index contributed by atoms with van der Waals surface area (Å²) in [5.41, 5.74) is 6.97.